The number of rotatable bonds is 5. The maximum Gasteiger partial charge on any atom is 0.311 e. The lowest BCUT2D eigenvalue weighted by molar-refractivity contribution is -0.147. The third kappa shape index (κ3) is 4.34. The SMILES string of the molecule is COCC(CC(C)C)C(=O)OC. The van der Waals surface area contributed by atoms with Crippen molar-refractivity contribution in [3.05, 3.63) is 0 Å². The van der Waals surface area contributed by atoms with E-state index in [0.29, 0.717) is 12.5 Å². The van der Waals surface area contributed by atoms with Gasteiger partial charge in [-0.15, -0.1) is 0 Å². The molecule has 0 aromatic heterocycles. The maximum atomic E-state index is 11.1. The Morgan fingerprint density at radius 3 is 2.25 bits per heavy atom. The molecule has 0 saturated heterocycles. The van der Waals surface area contributed by atoms with Crippen LogP contribution in [0.3, 0.4) is 0 Å². The summed E-state index contributed by atoms with van der Waals surface area (Å²) in [5.41, 5.74) is 0. The fraction of sp³-hybridized carbons (Fsp3) is 0.889. The summed E-state index contributed by atoms with van der Waals surface area (Å²) in [5.74, 6) is 0.204. The molecule has 12 heavy (non-hydrogen) atoms. The average Bonchev–Trinajstić information content (AvgIpc) is 2.01. The van der Waals surface area contributed by atoms with Gasteiger partial charge in [-0.2, -0.15) is 0 Å². The van der Waals surface area contributed by atoms with Gasteiger partial charge in [0, 0.05) is 7.11 Å². The minimum Gasteiger partial charge on any atom is -0.469 e. The number of hydrogen-bond acceptors (Lipinski definition) is 3. The van der Waals surface area contributed by atoms with Crippen LogP contribution < -0.4 is 0 Å². The number of hydrogen-bond donors (Lipinski definition) is 0. The maximum absolute atomic E-state index is 11.1. The van der Waals surface area contributed by atoms with E-state index in [2.05, 4.69) is 18.6 Å². The van der Waals surface area contributed by atoms with E-state index < -0.39 is 0 Å². The summed E-state index contributed by atoms with van der Waals surface area (Å²) in [6.07, 6.45) is 0.820. The molecule has 0 aromatic carbocycles. The highest BCUT2D eigenvalue weighted by molar-refractivity contribution is 5.72. The standard InChI is InChI=1S/C9H18O3/c1-7(2)5-8(6-11-3)9(10)12-4/h7-8H,5-6H2,1-4H3. The summed E-state index contributed by atoms with van der Waals surface area (Å²) in [6.45, 7) is 4.60. The van der Waals surface area contributed by atoms with E-state index in [-0.39, 0.29) is 11.9 Å². The van der Waals surface area contributed by atoms with Crippen LogP contribution in [0.4, 0.5) is 0 Å². The van der Waals surface area contributed by atoms with E-state index in [1.54, 1.807) is 7.11 Å². The van der Waals surface area contributed by atoms with Gasteiger partial charge in [-0.1, -0.05) is 13.8 Å². The fourth-order valence-corrected chi connectivity index (χ4v) is 1.17. The molecule has 72 valence electrons. The van der Waals surface area contributed by atoms with Crippen molar-refractivity contribution >= 4 is 5.97 Å². The van der Waals surface area contributed by atoms with Crippen LogP contribution in [0, 0.1) is 11.8 Å². The highest BCUT2D eigenvalue weighted by Crippen LogP contribution is 2.13. The van der Waals surface area contributed by atoms with Gasteiger partial charge in [0.2, 0.25) is 0 Å². The molecule has 0 bridgehead atoms. The van der Waals surface area contributed by atoms with Crippen LogP contribution in [0.15, 0.2) is 0 Å². The molecule has 0 fully saturated rings. The second kappa shape index (κ2) is 6.00. The Morgan fingerprint density at radius 1 is 1.33 bits per heavy atom. The van der Waals surface area contributed by atoms with Crippen LogP contribution in [-0.4, -0.2) is 26.8 Å². The van der Waals surface area contributed by atoms with E-state index in [1.165, 1.54) is 7.11 Å². The van der Waals surface area contributed by atoms with Crippen molar-refractivity contribution in [3.63, 3.8) is 0 Å². The first kappa shape index (κ1) is 11.4. The molecule has 3 heteroatoms. The summed E-state index contributed by atoms with van der Waals surface area (Å²) in [4.78, 5) is 11.1. The van der Waals surface area contributed by atoms with Crippen LogP contribution in [0.1, 0.15) is 20.3 Å². The van der Waals surface area contributed by atoms with Crippen LogP contribution in [0.25, 0.3) is 0 Å². The van der Waals surface area contributed by atoms with Gasteiger partial charge in [-0.3, -0.25) is 4.79 Å². The largest absolute Gasteiger partial charge is 0.469 e. The molecule has 0 saturated carbocycles. The summed E-state index contributed by atoms with van der Waals surface area (Å²) < 4.78 is 9.57. The molecule has 0 rings (SSSR count). The van der Waals surface area contributed by atoms with Gasteiger partial charge in [-0.25, -0.2) is 0 Å². The van der Waals surface area contributed by atoms with Gasteiger partial charge in [-0.05, 0) is 12.3 Å². The summed E-state index contributed by atoms with van der Waals surface area (Å²) >= 11 is 0. The van der Waals surface area contributed by atoms with Gasteiger partial charge in [0.05, 0.1) is 19.6 Å². The van der Waals surface area contributed by atoms with Crippen LogP contribution in [0.5, 0.6) is 0 Å². The minimum atomic E-state index is -0.175. The number of ether oxygens (including phenoxy) is 2. The normalized spacial score (nSPS) is 13.1. The molecule has 0 aliphatic carbocycles. The number of carbonyl (C=O) groups excluding carboxylic acids is 1. The van der Waals surface area contributed by atoms with Gasteiger partial charge in [0.15, 0.2) is 0 Å². The zero-order chi connectivity index (χ0) is 9.56. The predicted octanol–water partition coefficient (Wildman–Crippen LogP) is 1.47. The lowest BCUT2D eigenvalue weighted by Crippen LogP contribution is -2.22. The lowest BCUT2D eigenvalue weighted by Gasteiger charge is -2.15. The molecule has 0 aliphatic heterocycles. The molecule has 0 amide bonds. The van der Waals surface area contributed by atoms with E-state index in [4.69, 9.17) is 4.74 Å². The minimum absolute atomic E-state index is 0.111. The zero-order valence-corrected chi connectivity index (χ0v) is 8.29. The molecular formula is C9H18O3. The quantitative estimate of drug-likeness (QED) is 0.592. The highest BCUT2D eigenvalue weighted by atomic mass is 16.5. The number of carbonyl (C=O) groups is 1. The Kier molecular flexibility index (Phi) is 5.72. The van der Waals surface area contributed by atoms with Crippen molar-refractivity contribution in [2.75, 3.05) is 20.8 Å². The molecule has 1 atom stereocenters. The van der Waals surface area contributed by atoms with Gasteiger partial charge < -0.3 is 9.47 Å². The van der Waals surface area contributed by atoms with E-state index in [0.717, 1.165) is 6.42 Å². The smallest absolute Gasteiger partial charge is 0.311 e. The molecule has 0 aromatic rings. The van der Waals surface area contributed by atoms with Crippen molar-refractivity contribution in [1.29, 1.82) is 0 Å². The number of esters is 1. The van der Waals surface area contributed by atoms with Crippen molar-refractivity contribution in [3.8, 4) is 0 Å². The second-order valence-electron chi connectivity index (χ2n) is 3.30. The third-order valence-electron chi connectivity index (χ3n) is 1.66. The van der Waals surface area contributed by atoms with Crippen LogP contribution >= 0.6 is 0 Å². The zero-order valence-electron chi connectivity index (χ0n) is 8.29. The summed E-state index contributed by atoms with van der Waals surface area (Å²) in [6, 6.07) is 0. The molecule has 0 radical (unpaired) electrons. The van der Waals surface area contributed by atoms with Crippen molar-refractivity contribution in [2.45, 2.75) is 20.3 Å². The van der Waals surface area contributed by atoms with Crippen molar-refractivity contribution in [1.82, 2.24) is 0 Å². The second-order valence-corrected chi connectivity index (χ2v) is 3.30. The molecule has 0 spiro atoms. The fourth-order valence-electron chi connectivity index (χ4n) is 1.17. The topological polar surface area (TPSA) is 35.5 Å². The summed E-state index contributed by atoms with van der Waals surface area (Å²) in [7, 11) is 3.00. The van der Waals surface area contributed by atoms with Gasteiger partial charge in [0.1, 0.15) is 0 Å². The molecular weight excluding hydrogens is 156 g/mol. The molecule has 0 heterocycles. The Bertz CT molecular complexity index is 132. The first-order valence-corrected chi connectivity index (χ1v) is 4.18. The Labute approximate surface area is 74.0 Å². The Hall–Kier alpha value is -0.570. The molecule has 0 N–H and O–H groups in total. The average molecular weight is 174 g/mol. The van der Waals surface area contributed by atoms with Crippen LogP contribution in [-0.2, 0) is 14.3 Å². The molecule has 3 nitrogen and oxygen atoms in total. The van der Waals surface area contributed by atoms with Crippen molar-refractivity contribution in [2.24, 2.45) is 11.8 Å². The molecule has 1 unspecified atom stereocenters. The van der Waals surface area contributed by atoms with E-state index >= 15 is 0 Å². The number of methoxy groups -OCH3 is 2. The first-order chi connectivity index (χ1) is 5.61. The highest BCUT2D eigenvalue weighted by Gasteiger charge is 2.19. The lowest BCUT2D eigenvalue weighted by atomic mass is 9.98. The first-order valence-electron chi connectivity index (χ1n) is 4.18. The summed E-state index contributed by atoms with van der Waals surface area (Å²) in [5, 5.41) is 0. The third-order valence-corrected chi connectivity index (χ3v) is 1.66. The Morgan fingerprint density at radius 2 is 1.92 bits per heavy atom. The van der Waals surface area contributed by atoms with Crippen molar-refractivity contribution < 1.29 is 14.3 Å². The van der Waals surface area contributed by atoms with Crippen LogP contribution in [0.2, 0.25) is 0 Å². The van der Waals surface area contributed by atoms with E-state index in [1.807, 2.05) is 0 Å². The van der Waals surface area contributed by atoms with Gasteiger partial charge >= 0.3 is 5.97 Å². The predicted molar refractivity (Wildman–Crippen MR) is 46.8 cm³/mol. The van der Waals surface area contributed by atoms with E-state index in [9.17, 15) is 4.79 Å². The van der Waals surface area contributed by atoms with Gasteiger partial charge in [0.25, 0.3) is 0 Å². The monoisotopic (exact) mass is 174 g/mol. The Balaban J connectivity index is 3.94. The molecule has 0 aliphatic rings.